The van der Waals surface area contributed by atoms with Crippen molar-refractivity contribution in [3.8, 4) is 5.75 Å². The molecule has 0 heterocycles. The van der Waals surface area contributed by atoms with Crippen molar-refractivity contribution < 1.29 is 9.53 Å². The molecule has 4 heteroatoms. The zero-order valence-corrected chi connectivity index (χ0v) is 12.2. The zero-order valence-electron chi connectivity index (χ0n) is 12.2. The van der Waals surface area contributed by atoms with Crippen LogP contribution in [0, 0.1) is 5.41 Å². The second-order valence-electron chi connectivity index (χ2n) is 5.75. The molecule has 3 N–H and O–H groups in total. The van der Waals surface area contributed by atoms with Crippen LogP contribution in [0.2, 0.25) is 0 Å². The Morgan fingerprint density at radius 2 is 2.05 bits per heavy atom. The molecule has 19 heavy (non-hydrogen) atoms. The van der Waals surface area contributed by atoms with Crippen LogP contribution in [-0.2, 0) is 0 Å². The minimum Gasteiger partial charge on any atom is -0.492 e. The largest absolute Gasteiger partial charge is 0.492 e. The van der Waals surface area contributed by atoms with Gasteiger partial charge in [0.25, 0.3) is 5.91 Å². The molecule has 0 aliphatic carbocycles. The van der Waals surface area contributed by atoms with Crippen LogP contribution in [-0.4, -0.2) is 19.1 Å². The van der Waals surface area contributed by atoms with Crippen molar-refractivity contribution in [2.24, 2.45) is 5.41 Å². The van der Waals surface area contributed by atoms with E-state index in [1.165, 1.54) is 0 Å². The Bertz CT molecular complexity index is 436. The second kappa shape index (κ2) is 6.45. The van der Waals surface area contributed by atoms with Crippen LogP contribution in [0.1, 0.15) is 44.5 Å². The van der Waals surface area contributed by atoms with Gasteiger partial charge in [0.1, 0.15) is 5.75 Å². The highest BCUT2D eigenvalue weighted by molar-refractivity contribution is 5.95. The molecular formula is C15H24N2O2. The highest BCUT2D eigenvalue weighted by Gasteiger charge is 2.12. The van der Waals surface area contributed by atoms with Crippen molar-refractivity contribution >= 4 is 11.6 Å². The number of amides is 1. The average molecular weight is 264 g/mol. The smallest absolute Gasteiger partial charge is 0.251 e. The lowest BCUT2D eigenvalue weighted by Gasteiger charge is -2.18. The van der Waals surface area contributed by atoms with Crippen molar-refractivity contribution in [3.05, 3.63) is 23.8 Å². The maximum Gasteiger partial charge on any atom is 0.251 e. The lowest BCUT2D eigenvalue weighted by molar-refractivity contribution is 0.0949. The fourth-order valence-electron chi connectivity index (χ4n) is 1.63. The monoisotopic (exact) mass is 264 g/mol. The van der Waals surface area contributed by atoms with Crippen LogP contribution in [0.25, 0.3) is 0 Å². The Hall–Kier alpha value is -1.71. The molecule has 1 amide bonds. The van der Waals surface area contributed by atoms with E-state index in [0.717, 1.165) is 6.42 Å². The molecule has 0 aromatic heterocycles. The summed E-state index contributed by atoms with van der Waals surface area (Å²) in [5.74, 6) is 0.521. The molecule has 0 saturated carbocycles. The topological polar surface area (TPSA) is 64.3 Å². The van der Waals surface area contributed by atoms with Crippen molar-refractivity contribution in [3.63, 3.8) is 0 Å². The number of nitrogens with one attached hydrogen (secondary N) is 1. The zero-order chi connectivity index (χ0) is 14.5. The van der Waals surface area contributed by atoms with Crippen LogP contribution in [0.4, 0.5) is 5.69 Å². The normalized spacial score (nSPS) is 11.2. The van der Waals surface area contributed by atoms with Gasteiger partial charge >= 0.3 is 0 Å². The molecule has 0 bridgehead atoms. The van der Waals surface area contributed by atoms with E-state index in [9.17, 15) is 4.79 Å². The van der Waals surface area contributed by atoms with Gasteiger partial charge in [-0.3, -0.25) is 4.79 Å². The summed E-state index contributed by atoms with van der Waals surface area (Å²) < 4.78 is 5.34. The van der Waals surface area contributed by atoms with Crippen LogP contribution in [0.15, 0.2) is 18.2 Å². The van der Waals surface area contributed by atoms with E-state index in [4.69, 9.17) is 10.5 Å². The Kier molecular flexibility index (Phi) is 5.21. The van der Waals surface area contributed by atoms with Gasteiger partial charge in [0.05, 0.1) is 12.3 Å². The molecule has 0 spiro atoms. The quantitative estimate of drug-likeness (QED) is 0.804. The molecule has 0 radical (unpaired) electrons. The van der Waals surface area contributed by atoms with Crippen LogP contribution in [0.5, 0.6) is 5.75 Å². The van der Waals surface area contributed by atoms with Gasteiger partial charge in [-0.25, -0.2) is 0 Å². The third-order valence-corrected chi connectivity index (χ3v) is 2.73. The Labute approximate surface area is 115 Å². The number of nitrogen functional groups attached to an aromatic ring is 1. The number of nitrogens with two attached hydrogens (primary N) is 1. The van der Waals surface area contributed by atoms with Gasteiger partial charge in [-0.2, -0.15) is 0 Å². The first-order chi connectivity index (χ1) is 8.83. The number of hydrogen-bond donors (Lipinski definition) is 2. The molecule has 0 unspecified atom stereocenters. The van der Waals surface area contributed by atoms with Gasteiger partial charge in [0.2, 0.25) is 0 Å². The highest BCUT2D eigenvalue weighted by Crippen LogP contribution is 2.22. The summed E-state index contributed by atoms with van der Waals surface area (Å²) in [6.45, 7) is 9.55. The molecule has 1 aromatic rings. The van der Waals surface area contributed by atoms with Gasteiger partial charge in [-0.05, 0) is 37.0 Å². The summed E-state index contributed by atoms with van der Waals surface area (Å²) >= 11 is 0. The summed E-state index contributed by atoms with van der Waals surface area (Å²) in [5, 5.41) is 2.90. The summed E-state index contributed by atoms with van der Waals surface area (Å²) in [5.41, 5.74) is 7.11. The Balaban J connectivity index is 2.60. The molecule has 1 rings (SSSR count). The molecule has 1 aromatic carbocycles. The lowest BCUT2D eigenvalue weighted by Crippen LogP contribution is -2.27. The number of ether oxygens (including phenoxy) is 1. The van der Waals surface area contributed by atoms with Crippen molar-refractivity contribution in [1.82, 2.24) is 5.32 Å². The second-order valence-corrected chi connectivity index (χ2v) is 5.75. The number of hydrogen-bond acceptors (Lipinski definition) is 3. The highest BCUT2D eigenvalue weighted by atomic mass is 16.5. The van der Waals surface area contributed by atoms with Crippen LogP contribution < -0.4 is 15.8 Å². The van der Waals surface area contributed by atoms with E-state index >= 15 is 0 Å². The molecule has 0 atom stereocenters. The molecule has 0 aliphatic rings. The molecule has 0 aliphatic heterocycles. The maximum atomic E-state index is 11.9. The SMILES string of the molecule is CCOc1ccc(C(=O)NCCC(C)(C)C)cc1N. The van der Waals surface area contributed by atoms with E-state index < -0.39 is 0 Å². The first-order valence-electron chi connectivity index (χ1n) is 6.64. The maximum absolute atomic E-state index is 11.9. The Morgan fingerprint density at radius 3 is 2.58 bits per heavy atom. The fraction of sp³-hybridized carbons (Fsp3) is 0.533. The lowest BCUT2D eigenvalue weighted by atomic mass is 9.92. The van der Waals surface area contributed by atoms with Crippen LogP contribution in [0.3, 0.4) is 0 Å². The Morgan fingerprint density at radius 1 is 1.37 bits per heavy atom. The van der Waals surface area contributed by atoms with Crippen molar-refractivity contribution in [2.45, 2.75) is 34.1 Å². The van der Waals surface area contributed by atoms with Gasteiger partial charge in [0, 0.05) is 12.1 Å². The number of rotatable bonds is 5. The van der Waals surface area contributed by atoms with Gasteiger partial charge < -0.3 is 15.8 Å². The van der Waals surface area contributed by atoms with E-state index in [2.05, 4.69) is 26.1 Å². The van der Waals surface area contributed by atoms with E-state index in [1.54, 1.807) is 18.2 Å². The molecule has 106 valence electrons. The predicted octanol–water partition coefficient (Wildman–Crippen LogP) is 2.83. The van der Waals surface area contributed by atoms with E-state index in [1.807, 2.05) is 6.92 Å². The molecule has 0 saturated heterocycles. The third-order valence-electron chi connectivity index (χ3n) is 2.73. The van der Waals surface area contributed by atoms with E-state index in [0.29, 0.717) is 30.2 Å². The minimum atomic E-state index is -0.0981. The molecule has 4 nitrogen and oxygen atoms in total. The minimum absolute atomic E-state index is 0.0981. The van der Waals surface area contributed by atoms with Crippen molar-refractivity contribution in [1.29, 1.82) is 0 Å². The number of carbonyl (C=O) groups is 1. The predicted molar refractivity (Wildman–Crippen MR) is 78.4 cm³/mol. The summed E-state index contributed by atoms with van der Waals surface area (Å²) in [6.07, 6.45) is 0.936. The third kappa shape index (κ3) is 5.20. The molecule has 0 fully saturated rings. The number of anilines is 1. The molecular weight excluding hydrogens is 240 g/mol. The summed E-state index contributed by atoms with van der Waals surface area (Å²) in [7, 11) is 0. The average Bonchev–Trinajstić information content (AvgIpc) is 2.30. The van der Waals surface area contributed by atoms with Crippen LogP contribution >= 0.6 is 0 Å². The number of carbonyl (C=O) groups excluding carboxylic acids is 1. The van der Waals surface area contributed by atoms with Gasteiger partial charge in [-0.1, -0.05) is 20.8 Å². The fourth-order valence-corrected chi connectivity index (χ4v) is 1.63. The van der Waals surface area contributed by atoms with E-state index in [-0.39, 0.29) is 11.3 Å². The standard InChI is InChI=1S/C15H24N2O2/c1-5-19-13-7-6-11(10-12(13)16)14(18)17-9-8-15(2,3)4/h6-7,10H,5,8-9,16H2,1-4H3,(H,17,18). The van der Waals surface area contributed by atoms with Gasteiger partial charge in [-0.15, -0.1) is 0 Å². The first-order valence-corrected chi connectivity index (χ1v) is 6.64. The van der Waals surface area contributed by atoms with Gasteiger partial charge in [0.15, 0.2) is 0 Å². The summed E-state index contributed by atoms with van der Waals surface area (Å²) in [6, 6.07) is 5.11. The first kappa shape index (κ1) is 15.3. The number of benzene rings is 1. The summed E-state index contributed by atoms with van der Waals surface area (Å²) in [4.78, 5) is 11.9. The van der Waals surface area contributed by atoms with Crippen molar-refractivity contribution in [2.75, 3.05) is 18.9 Å².